The van der Waals surface area contributed by atoms with Gasteiger partial charge in [0.05, 0.1) is 27.8 Å². The predicted octanol–water partition coefficient (Wildman–Crippen LogP) is 8.16. The van der Waals surface area contributed by atoms with Crippen LogP contribution in [0, 0.1) is 0 Å². The van der Waals surface area contributed by atoms with Gasteiger partial charge in [0, 0.05) is 48.9 Å². The number of benzene rings is 3. The summed E-state index contributed by atoms with van der Waals surface area (Å²) in [5.41, 5.74) is 6.15. The van der Waals surface area contributed by atoms with Crippen molar-refractivity contribution in [1.82, 2.24) is 19.5 Å². The lowest BCUT2D eigenvalue weighted by atomic mass is 10.1. The molecule has 0 spiro atoms. The maximum atomic E-state index is 5.21. The van der Waals surface area contributed by atoms with E-state index in [1.54, 1.807) is 0 Å². The summed E-state index contributed by atoms with van der Waals surface area (Å²) in [6.45, 7) is 0. The van der Waals surface area contributed by atoms with E-state index in [0.717, 1.165) is 49.9 Å². The molecule has 0 aliphatic rings. The Bertz CT molecular complexity index is 2100. The second kappa shape index (κ2) is 7.44. The zero-order chi connectivity index (χ0) is 23.6. The smallest absolute Gasteiger partial charge is 0.147 e. The lowest BCUT2D eigenvalue weighted by Crippen LogP contribution is -1.99. The van der Waals surface area contributed by atoms with Gasteiger partial charge in [0.25, 0.3) is 0 Å². The van der Waals surface area contributed by atoms with Crippen LogP contribution in [-0.2, 0) is 0 Å². The van der Waals surface area contributed by atoms with E-state index in [9.17, 15) is 0 Å². The van der Waals surface area contributed by atoms with Crippen LogP contribution in [0.5, 0.6) is 0 Å². The molecule has 5 aromatic heterocycles. The summed E-state index contributed by atoms with van der Waals surface area (Å²) in [6.07, 6.45) is 3.68. The maximum Gasteiger partial charge on any atom is 0.147 e. The van der Waals surface area contributed by atoms with Crippen LogP contribution in [0.2, 0.25) is 0 Å². The minimum atomic E-state index is 0.873. The lowest BCUT2D eigenvalue weighted by Gasteiger charge is -2.10. The molecule has 0 unspecified atom stereocenters. The van der Waals surface area contributed by atoms with Crippen molar-refractivity contribution >= 4 is 64.3 Å². The molecule has 0 atom stereocenters. The summed E-state index contributed by atoms with van der Waals surface area (Å²) in [5.74, 6) is 0.873. The number of hydrogen-bond acceptors (Lipinski definition) is 4. The third-order valence-corrected chi connectivity index (χ3v) is 8.04. The van der Waals surface area contributed by atoms with Crippen molar-refractivity contribution in [3.8, 4) is 17.1 Å². The molecule has 0 radical (unpaired) electrons. The van der Waals surface area contributed by atoms with Gasteiger partial charge in [0.2, 0.25) is 0 Å². The van der Waals surface area contributed by atoms with Crippen LogP contribution in [0.25, 0.3) is 70.1 Å². The molecular formula is C31H18N4S. The Kier molecular flexibility index (Phi) is 4.07. The van der Waals surface area contributed by atoms with E-state index in [-0.39, 0.29) is 0 Å². The molecule has 0 aliphatic heterocycles. The molecule has 5 heteroatoms. The molecule has 3 aromatic carbocycles. The Morgan fingerprint density at radius 3 is 2.42 bits per heavy atom. The number of aromatic nitrogens is 4. The van der Waals surface area contributed by atoms with E-state index in [0.29, 0.717) is 0 Å². The molecule has 0 fully saturated rings. The molecule has 0 N–H and O–H groups in total. The van der Waals surface area contributed by atoms with Gasteiger partial charge in [0.15, 0.2) is 0 Å². The Morgan fingerprint density at radius 1 is 0.611 bits per heavy atom. The van der Waals surface area contributed by atoms with Crippen LogP contribution in [0.3, 0.4) is 0 Å². The van der Waals surface area contributed by atoms with Crippen molar-refractivity contribution in [3.63, 3.8) is 0 Å². The van der Waals surface area contributed by atoms with Crippen LogP contribution in [0.4, 0.5) is 0 Å². The zero-order valence-corrected chi connectivity index (χ0v) is 19.9. The molecule has 36 heavy (non-hydrogen) atoms. The minimum Gasteiger partial charge on any atom is -0.291 e. The number of pyridine rings is 3. The predicted molar refractivity (Wildman–Crippen MR) is 150 cm³/mol. The molecule has 0 amide bonds. The van der Waals surface area contributed by atoms with E-state index in [2.05, 4.69) is 88.4 Å². The maximum absolute atomic E-state index is 5.21. The molecule has 0 aliphatic carbocycles. The lowest BCUT2D eigenvalue weighted by molar-refractivity contribution is 1.10. The summed E-state index contributed by atoms with van der Waals surface area (Å²) < 4.78 is 4.83. The first kappa shape index (κ1) is 19.7. The van der Waals surface area contributed by atoms with E-state index in [1.165, 1.54) is 20.2 Å². The Balaban J connectivity index is 1.60. The van der Waals surface area contributed by atoms with Crippen molar-refractivity contribution in [1.29, 1.82) is 0 Å². The van der Waals surface area contributed by atoms with Gasteiger partial charge in [-0.2, -0.15) is 0 Å². The number of thiophene rings is 1. The highest BCUT2D eigenvalue weighted by Crippen LogP contribution is 2.43. The summed E-state index contributed by atoms with van der Waals surface area (Å²) in [7, 11) is 0. The van der Waals surface area contributed by atoms with E-state index < -0.39 is 0 Å². The molecule has 168 valence electrons. The van der Waals surface area contributed by atoms with Crippen LogP contribution in [0.15, 0.2) is 109 Å². The highest BCUT2D eigenvalue weighted by molar-refractivity contribution is 7.26. The summed E-state index contributed by atoms with van der Waals surface area (Å²) in [4.78, 5) is 14.7. The third kappa shape index (κ3) is 2.72. The van der Waals surface area contributed by atoms with Gasteiger partial charge >= 0.3 is 0 Å². The van der Waals surface area contributed by atoms with E-state index in [1.807, 2.05) is 41.9 Å². The fourth-order valence-electron chi connectivity index (χ4n) is 5.33. The highest BCUT2D eigenvalue weighted by Gasteiger charge is 2.21. The van der Waals surface area contributed by atoms with Gasteiger partial charge in [-0.25, -0.2) is 9.97 Å². The van der Waals surface area contributed by atoms with Crippen LogP contribution >= 0.6 is 11.3 Å². The van der Waals surface area contributed by atoms with Gasteiger partial charge in [-0.1, -0.05) is 48.5 Å². The second-order valence-electron chi connectivity index (χ2n) is 8.90. The van der Waals surface area contributed by atoms with Crippen molar-refractivity contribution in [2.75, 3.05) is 0 Å². The molecule has 8 aromatic rings. The minimum absolute atomic E-state index is 0.873. The van der Waals surface area contributed by atoms with Crippen molar-refractivity contribution in [3.05, 3.63) is 109 Å². The van der Waals surface area contributed by atoms with Crippen LogP contribution in [0.1, 0.15) is 0 Å². The first-order valence-electron chi connectivity index (χ1n) is 11.9. The topological polar surface area (TPSA) is 43.6 Å². The van der Waals surface area contributed by atoms with Gasteiger partial charge in [0.1, 0.15) is 5.82 Å². The first-order valence-corrected chi connectivity index (χ1v) is 12.7. The monoisotopic (exact) mass is 478 g/mol. The summed E-state index contributed by atoms with van der Waals surface area (Å²) in [6, 6.07) is 33.8. The average molecular weight is 479 g/mol. The van der Waals surface area contributed by atoms with Gasteiger partial charge in [-0.05, 0) is 48.5 Å². The Labute approximate surface area is 210 Å². The van der Waals surface area contributed by atoms with Crippen molar-refractivity contribution in [2.24, 2.45) is 0 Å². The second-order valence-corrected chi connectivity index (χ2v) is 9.99. The van der Waals surface area contributed by atoms with Crippen molar-refractivity contribution < 1.29 is 0 Å². The molecule has 0 bridgehead atoms. The van der Waals surface area contributed by atoms with Crippen molar-refractivity contribution in [2.45, 2.75) is 0 Å². The molecule has 4 nitrogen and oxygen atoms in total. The van der Waals surface area contributed by atoms with E-state index >= 15 is 0 Å². The zero-order valence-electron chi connectivity index (χ0n) is 19.1. The average Bonchev–Trinajstić information content (AvgIpc) is 3.48. The normalized spacial score (nSPS) is 11.9. The molecule has 0 saturated carbocycles. The molecule has 0 saturated heterocycles. The Morgan fingerprint density at radius 2 is 1.47 bits per heavy atom. The number of nitrogens with zero attached hydrogens (tertiary/aromatic N) is 4. The Hall–Kier alpha value is -4.61. The molecular weight excluding hydrogens is 460 g/mol. The summed E-state index contributed by atoms with van der Waals surface area (Å²) in [5, 5.41) is 4.65. The molecule has 5 heterocycles. The third-order valence-electron chi connectivity index (χ3n) is 6.90. The number of rotatable bonds is 2. The largest absolute Gasteiger partial charge is 0.291 e. The fourth-order valence-corrected chi connectivity index (χ4v) is 6.44. The highest BCUT2D eigenvalue weighted by atomic mass is 32.1. The quantitative estimate of drug-likeness (QED) is 0.252. The number of fused-ring (bicyclic) bond motifs is 8. The van der Waals surface area contributed by atoms with E-state index in [4.69, 9.17) is 9.97 Å². The molecule has 8 rings (SSSR count). The van der Waals surface area contributed by atoms with Crippen LogP contribution < -0.4 is 0 Å². The van der Waals surface area contributed by atoms with Gasteiger partial charge in [-0.15, -0.1) is 11.3 Å². The SMILES string of the molecule is c1ccc(-c2ccc3c(n2)c2ccc4sc5ccccc5c4c2n3-c2nccc3ncccc23)cc1. The first-order chi connectivity index (χ1) is 17.9. The summed E-state index contributed by atoms with van der Waals surface area (Å²) >= 11 is 1.83. The standard InChI is InChI=1S/C31H18N4S/c1-2-7-19(8-3-1)23-13-14-25-29(34-23)22-12-15-27-28(21-9-4-5-11-26(21)36-27)30(22)35(25)31-20-10-6-17-32-24(20)16-18-33-31/h1-18H. The van der Waals surface area contributed by atoms with Crippen LogP contribution in [-0.4, -0.2) is 19.5 Å². The number of hydrogen-bond donors (Lipinski definition) is 0. The van der Waals surface area contributed by atoms with Gasteiger partial charge in [-0.3, -0.25) is 9.55 Å². The fraction of sp³-hybridized carbons (Fsp3) is 0. The van der Waals surface area contributed by atoms with Gasteiger partial charge < -0.3 is 0 Å².